The maximum atomic E-state index is 11.9. The minimum absolute atomic E-state index is 0.0528. The number of rotatable bonds is 4. The van der Waals surface area contributed by atoms with Crippen LogP contribution in [0.5, 0.6) is 0 Å². The van der Waals surface area contributed by atoms with Crippen molar-refractivity contribution in [2.75, 3.05) is 19.7 Å². The number of likely N-dealkylation sites (tertiary alicyclic amines) is 1. The molecule has 94 valence electrons. The first-order valence-electron chi connectivity index (χ1n) is 6.33. The SMILES string of the molecule is CC[C@H](C)NC(=O)N1CCC[C@H](CCO)C1. The van der Waals surface area contributed by atoms with Crippen LogP contribution >= 0.6 is 0 Å². The Bertz CT molecular complexity index is 219. The van der Waals surface area contributed by atoms with Gasteiger partial charge in [0.05, 0.1) is 0 Å². The largest absolute Gasteiger partial charge is 0.396 e. The van der Waals surface area contributed by atoms with Gasteiger partial charge in [0.25, 0.3) is 0 Å². The molecule has 0 radical (unpaired) electrons. The Kier molecular flexibility index (Phi) is 5.60. The van der Waals surface area contributed by atoms with Crippen molar-refractivity contribution >= 4 is 6.03 Å². The summed E-state index contributed by atoms with van der Waals surface area (Å²) in [5, 5.41) is 11.9. The molecule has 1 aliphatic rings. The molecule has 1 saturated heterocycles. The maximum Gasteiger partial charge on any atom is 0.317 e. The van der Waals surface area contributed by atoms with Crippen molar-refractivity contribution in [1.29, 1.82) is 0 Å². The topological polar surface area (TPSA) is 52.6 Å². The van der Waals surface area contributed by atoms with E-state index in [9.17, 15) is 4.79 Å². The average molecular weight is 228 g/mol. The lowest BCUT2D eigenvalue weighted by molar-refractivity contribution is 0.148. The van der Waals surface area contributed by atoms with Crippen LogP contribution in [-0.4, -0.2) is 41.8 Å². The molecule has 1 heterocycles. The van der Waals surface area contributed by atoms with Crippen molar-refractivity contribution in [3.63, 3.8) is 0 Å². The summed E-state index contributed by atoms with van der Waals surface area (Å²) in [4.78, 5) is 13.8. The third kappa shape index (κ3) is 4.00. The molecule has 1 aliphatic heterocycles. The van der Waals surface area contributed by atoms with Crippen LogP contribution in [0.15, 0.2) is 0 Å². The first-order valence-corrected chi connectivity index (χ1v) is 6.33. The lowest BCUT2D eigenvalue weighted by Crippen LogP contribution is -2.48. The molecule has 0 aromatic carbocycles. The van der Waals surface area contributed by atoms with Gasteiger partial charge in [0, 0.05) is 25.7 Å². The van der Waals surface area contributed by atoms with Gasteiger partial charge in [0.2, 0.25) is 0 Å². The fraction of sp³-hybridized carbons (Fsp3) is 0.917. The normalized spacial score (nSPS) is 22.9. The highest BCUT2D eigenvalue weighted by Crippen LogP contribution is 2.19. The molecule has 1 rings (SSSR count). The molecule has 0 spiro atoms. The maximum absolute atomic E-state index is 11.9. The summed E-state index contributed by atoms with van der Waals surface area (Å²) >= 11 is 0. The number of amides is 2. The molecule has 0 saturated carbocycles. The van der Waals surface area contributed by atoms with E-state index in [4.69, 9.17) is 5.11 Å². The van der Waals surface area contributed by atoms with Crippen molar-refractivity contribution in [2.24, 2.45) is 5.92 Å². The molecular weight excluding hydrogens is 204 g/mol. The van der Waals surface area contributed by atoms with Gasteiger partial charge in [-0.15, -0.1) is 0 Å². The highest BCUT2D eigenvalue weighted by atomic mass is 16.3. The van der Waals surface area contributed by atoms with Gasteiger partial charge in [-0.3, -0.25) is 0 Å². The number of nitrogens with zero attached hydrogens (tertiary/aromatic N) is 1. The fourth-order valence-electron chi connectivity index (χ4n) is 2.07. The predicted molar refractivity (Wildman–Crippen MR) is 64.3 cm³/mol. The van der Waals surface area contributed by atoms with E-state index in [1.807, 2.05) is 11.8 Å². The van der Waals surface area contributed by atoms with E-state index in [2.05, 4.69) is 12.2 Å². The molecule has 1 fully saturated rings. The molecule has 0 aromatic heterocycles. The summed E-state index contributed by atoms with van der Waals surface area (Å²) in [7, 11) is 0. The van der Waals surface area contributed by atoms with E-state index in [1.54, 1.807) is 0 Å². The lowest BCUT2D eigenvalue weighted by atomic mass is 9.95. The molecule has 2 atom stereocenters. The minimum Gasteiger partial charge on any atom is -0.396 e. The molecule has 2 amide bonds. The highest BCUT2D eigenvalue weighted by Gasteiger charge is 2.23. The van der Waals surface area contributed by atoms with Crippen LogP contribution in [-0.2, 0) is 0 Å². The molecular formula is C12H24N2O2. The van der Waals surface area contributed by atoms with Crippen LogP contribution < -0.4 is 5.32 Å². The van der Waals surface area contributed by atoms with Crippen molar-refractivity contribution in [2.45, 2.75) is 45.6 Å². The van der Waals surface area contributed by atoms with E-state index in [-0.39, 0.29) is 18.7 Å². The molecule has 4 heteroatoms. The van der Waals surface area contributed by atoms with Crippen molar-refractivity contribution in [3.8, 4) is 0 Å². The number of hydrogen-bond acceptors (Lipinski definition) is 2. The van der Waals surface area contributed by atoms with Gasteiger partial charge < -0.3 is 15.3 Å². The zero-order chi connectivity index (χ0) is 12.0. The zero-order valence-corrected chi connectivity index (χ0v) is 10.4. The second-order valence-corrected chi connectivity index (χ2v) is 4.73. The van der Waals surface area contributed by atoms with E-state index < -0.39 is 0 Å². The second-order valence-electron chi connectivity index (χ2n) is 4.73. The third-order valence-electron chi connectivity index (χ3n) is 3.33. The van der Waals surface area contributed by atoms with Crippen molar-refractivity contribution in [3.05, 3.63) is 0 Å². The molecule has 0 bridgehead atoms. The van der Waals surface area contributed by atoms with Gasteiger partial charge in [-0.2, -0.15) is 0 Å². The van der Waals surface area contributed by atoms with Crippen molar-refractivity contribution < 1.29 is 9.90 Å². The number of piperidine rings is 1. The van der Waals surface area contributed by atoms with Crippen LogP contribution in [0, 0.1) is 5.92 Å². The third-order valence-corrected chi connectivity index (χ3v) is 3.33. The standard InChI is InChI=1S/C12H24N2O2/c1-3-10(2)13-12(16)14-7-4-5-11(9-14)6-8-15/h10-11,15H,3-9H2,1-2H3,(H,13,16)/t10-,11+/m0/s1. The molecule has 0 aromatic rings. The zero-order valence-electron chi connectivity index (χ0n) is 10.4. The Balaban J connectivity index is 2.37. The summed E-state index contributed by atoms with van der Waals surface area (Å²) in [6.45, 7) is 5.96. The molecule has 0 aliphatic carbocycles. The number of aliphatic hydroxyl groups excluding tert-OH is 1. The summed E-state index contributed by atoms with van der Waals surface area (Å²) in [6.07, 6.45) is 3.96. The van der Waals surface area contributed by atoms with Gasteiger partial charge in [0.1, 0.15) is 0 Å². The first-order chi connectivity index (χ1) is 7.67. The van der Waals surface area contributed by atoms with Gasteiger partial charge in [-0.1, -0.05) is 6.92 Å². The van der Waals surface area contributed by atoms with E-state index >= 15 is 0 Å². The second kappa shape index (κ2) is 6.74. The Morgan fingerprint density at radius 1 is 1.62 bits per heavy atom. The van der Waals surface area contributed by atoms with E-state index in [0.29, 0.717) is 5.92 Å². The van der Waals surface area contributed by atoms with Gasteiger partial charge in [-0.05, 0) is 38.5 Å². The van der Waals surface area contributed by atoms with Gasteiger partial charge in [0.15, 0.2) is 0 Å². The highest BCUT2D eigenvalue weighted by molar-refractivity contribution is 5.74. The Morgan fingerprint density at radius 3 is 3.00 bits per heavy atom. The average Bonchev–Trinajstić information content (AvgIpc) is 2.29. The number of carbonyl (C=O) groups excluding carboxylic acids is 1. The van der Waals surface area contributed by atoms with Crippen LogP contribution in [0.2, 0.25) is 0 Å². The lowest BCUT2D eigenvalue weighted by Gasteiger charge is -2.33. The van der Waals surface area contributed by atoms with Crippen LogP contribution in [0.1, 0.15) is 39.5 Å². The Morgan fingerprint density at radius 2 is 2.38 bits per heavy atom. The van der Waals surface area contributed by atoms with Crippen LogP contribution in [0.4, 0.5) is 4.79 Å². The van der Waals surface area contributed by atoms with E-state index in [1.165, 1.54) is 0 Å². The van der Waals surface area contributed by atoms with E-state index in [0.717, 1.165) is 38.8 Å². The van der Waals surface area contributed by atoms with Crippen molar-refractivity contribution in [1.82, 2.24) is 10.2 Å². The number of aliphatic hydroxyl groups is 1. The van der Waals surface area contributed by atoms with Gasteiger partial charge >= 0.3 is 6.03 Å². The molecule has 4 nitrogen and oxygen atoms in total. The number of carbonyl (C=O) groups is 1. The van der Waals surface area contributed by atoms with Crippen LogP contribution in [0.3, 0.4) is 0 Å². The summed E-state index contributed by atoms with van der Waals surface area (Å²) < 4.78 is 0. The van der Waals surface area contributed by atoms with Gasteiger partial charge in [-0.25, -0.2) is 4.79 Å². The number of urea groups is 1. The Labute approximate surface area is 98.0 Å². The minimum atomic E-state index is 0.0528. The summed E-state index contributed by atoms with van der Waals surface area (Å²) in [5.41, 5.74) is 0. The predicted octanol–water partition coefficient (Wildman–Crippen LogP) is 1.59. The smallest absolute Gasteiger partial charge is 0.317 e. The summed E-state index contributed by atoms with van der Waals surface area (Å²) in [5.74, 6) is 0.474. The first kappa shape index (κ1) is 13.3. The molecule has 2 N–H and O–H groups in total. The quantitative estimate of drug-likeness (QED) is 0.767. The number of hydrogen-bond donors (Lipinski definition) is 2. The fourth-order valence-corrected chi connectivity index (χ4v) is 2.07. The monoisotopic (exact) mass is 228 g/mol. The Hall–Kier alpha value is -0.770. The number of nitrogens with one attached hydrogen (secondary N) is 1. The molecule has 16 heavy (non-hydrogen) atoms. The molecule has 0 unspecified atom stereocenters. The summed E-state index contributed by atoms with van der Waals surface area (Å²) in [6, 6.07) is 0.294. The van der Waals surface area contributed by atoms with Crippen LogP contribution in [0.25, 0.3) is 0 Å².